The zero-order valence-corrected chi connectivity index (χ0v) is 11.6. The fraction of sp³-hybridized carbons (Fsp3) is 0.636. The number of nitrogens with two attached hydrogens (primary N) is 1. The van der Waals surface area contributed by atoms with E-state index in [1.165, 1.54) is 21.9 Å². The highest BCUT2D eigenvalue weighted by Crippen LogP contribution is 2.38. The predicted octanol–water partition coefficient (Wildman–Crippen LogP) is 3.29. The molecule has 2 N–H and O–H groups in total. The van der Waals surface area contributed by atoms with Crippen LogP contribution in [0, 0.1) is 6.92 Å². The predicted molar refractivity (Wildman–Crippen MR) is 74.2 cm³/mol. The lowest BCUT2D eigenvalue weighted by molar-refractivity contribution is 0.665. The van der Waals surface area contributed by atoms with Crippen LogP contribution in [-0.2, 0) is 0 Å². The van der Waals surface area contributed by atoms with E-state index in [1.54, 1.807) is 11.3 Å². The van der Waals surface area contributed by atoms with Gasteiger partial charge in [-0.25, -0.2) is 0 Å². The van der Waals surface area contributed by atoms with Crippen LogP contribution in [0.3, 0.4) is 0 Å². The Morgan fingerprint density at radius 2 is 2.13 bits per heavy atom. The fourth-order valence-corrected chi connectivity index (χ4v) is 5.50. The minimum Gasteiger partial charge on any atom is -0.323 e. The highest BCUT2D eigenvalue weighted by atomic mass is 32.2. The average Bonchev–Trinajstić information content (AvgIpc) is 2.65. The quantitative estimate of drug-likeness (QED) is 0.882. The molecule has 0 spiro atoms. The Morgan fingerprint density at radius 1 is 1.40 bits per heavy atom. The van der Waals surface area contributed by atoms with Crippen LogP contribution in [0.4, 0.5) is 0 Å². The summed E-state index contributed by atoms with van der Waals surface area (Å²) in [6.45, 7) is 4.45. The zero-order chi connectivity index (χ0) is 10.8. The van der Waals surface area contributed by atoms with Gasteiger partial charge in [-0.1, -0.05) is 6.92 Å². The molecule has 0 saturated carbocycles. The molecule has 2 heterocycles. The molecule has 15 heavy (non-hydrogen) atoms. The van der Waals surface area contributed by atoms with Crippen LogP contribution < -0.4 is 5.73 Å². The van der Waals surface area contributed by atoms with Crippen LogP contribution in [0.15, 0.2) is 11.4 Å². The SMILES string of the molecule is Cc1cc(C(N)C2SCCSC2C)cs1. The van der Waals surface area contributed by atoms with Gasteiger partial charge in [0.2, 0.25) is 0 Å². The molecular formula is C11H17NS3. The van der Waals surface area contributed by atoms with Crippen LogP contribution in [0.2, 0.25) is 0 Å². The van der Waals surface area contributed by atoms with Gasteiger partial charge in [-0.05, 0) is 23.9 Å². The van der Waals surface area contributed by atoms with Gasteiger partial charge in [-0.15, -0.1) is 11.3 Å². The molecule has 4 heteroatoms. The molecule has 1 aliphatic rings. The summed E-state index contributed by atoms with van der Waals surface area (Å²) in [5.74, 6) is 2.52. The van der Waals surface area contributed by atoms with E-state index in [0.717, 1.165) is 0 Å². The number of thiophene rings is 1. The van der Waals surface area contributed by atoms with Gasteiger partial charge in [-0.2, -0.15) is 23.5 Å². The molecule has 0 amide bonds. The summed E-state index contributed by atoms with van der Waals surface area (Å²) in [5, 5.41) is 3.48. The highest BCUT2D eigenvalue weighted by molar-refractivity contribution is 8.07. The van der Waals surface area contributed by atoms with E-state index < -0.39 is 0 Å². The number of aryl methyl sites for hydroxylation is 1. The largest absolute Gasteiger partial charge is 0.323 e. The van der Waals surface area contributed by atoms with E-state index >= 15 is 0 Å². The maximum Gasteiger partial charge on any atom is 0.0434 e. The minimum absolute atomic E-state index is 0.211. The number of thioether (sulfide) groups is 2. The van der Waals surface area contributed by atoms with Crippen molar-refractivity contribution in [2.24, 2.45) is 5.73 Å². The van der Waals surface area contributed by atoms with Crippen LogP contribution in [-0.4, -0.2) is 22.0 Å². The van der Waals surface area contributed by atoms with E-state index in [0.29, 0.717) is 10.5 Å². The molecular weight excluding hydrogens is 242 g/mol. The molecule has 2 rings (SSSR count). The molecule has 1 fully saturated rings. The maximum absolute atomic E-state index is 6.35. The first-order valence-corrected chi connectivity index (χ1v) is 8.20. The molecule has 1 aliphatic heterocycles. The van der Waals surface area contributed by atoms with Gasteiger partial charge in [0.05, 0.1) is 0 Å². The van der Waals surface area contributed by atoms with Gasteiger partial charge in [0.15, 0.2) is 0 Å². The first kappa shape index (κ1) is 11.8. The van der Waals surface area contributed by atoms with Crippen molar-refractivity contribution in [3.8, 4) is 0 Å². The van der Waals surface area contributed by atoms with Crippen molar-refractivity contribution in [2.75, 3.05) is 11.5 Å². The van der Waals surface area contributed by atoms with E-state index in [9.17, 15) is 0 Å². The number of hydrogen-bond donors (Lipinski definition) is 1. The third-order valence-corrected chi connectivity index (χ3v) is 6.82. The molecule has 1 nitrogen and oxygen atoms in total. The Morgan fingerprint density at radius 3 is 2.73 bits per heavy atom. The van der Waals surface area contributed by atoms with Gasteiger partial charge in [0.25, 0.3) is 0 Å². The van der Waals surface area contributed by atoms with Gasteiger partial charge in [0.1, 0.15) is 0 Å². The van der Waals surface area contributed by atoms with Gasteiger partial charge in [-0.3, -0.25) is 0 Å². The van der Waals surface area contributed by atoms with Crippen LogP contribution in [0.1, 0.15) is 23.4 Å². The number of rotatable bonds is 2. The monoisotopic (exact) mass is 259 g/mol. The lowest BCUT2D eigenvalue weighted by Crippen LogP contribution is -2.33. The third kappa shape index (κ3) is 2.73. The standard InChI is InChI=1S/C11H17NS3/c1-7-5-9(6-15-7)10(12)11-8(2)13-3-4-14-11/h5-6,8,10-11H,3-4,12H2,1-2H3. The van der Waals surface area contributed by atoms with Gasteiger partial charge >= 0.3 is 0 Å². The highest BCUT2D eigenvalue weighted by Gasteiger charge is 2.29. The molecule has 1 aromatic rings. The Bertz CT molecular complexity index is 323. The van der Waals surface area contributed by atoms with E-state index in [4.69, 9.17) is 5.73 Å². The van der Waals surface area contributed by atoms with Gasteiger partial charge in [0, 0.05) is 32.9 Å². The van der Waals surface area contributed by atoms with Crippen LogP contribution in [0.25, 0.3) is 0 Å². The summed E-state index contributed by atoms with van der Waals surface area (Å²) in [7, 11) is 0. The average molecular weight is 259 g/mol. The molecule has 3 unspecified atom stereocenters. The third-order valence-electron chi connectivity index (χ3n) is 2.73. The normalized spacial score (nSPS) is 29.0. The van der Waals surface area contributed by atoms with Crippen molar-refractivity contribution >= 4 is 34.9 Å². The Balaban J connectivity index is 2.09. The summed E-state index contributed by atoms with van der Waals surface area (Å²) in [4.78, 5) is 1.36. The van der Waals surface area contributed by atoms with Crippen molar-refractivity contribution in [3.05, 3.63) is 21.9 Å². The zero-order valence-electron chi connectivity index (χ0n) is 9.10. The molecule has 0 bridgehead atoms. The Hall–Kier alpha value is 0.360. The smallest absolute Gasteiger partial charge is 0.0434 e. The Labute approximate surface area is 104 Å². The topological polar surface area (TPSA) is 26.0 Å². The van der Waals surface area contributed by atoms with E-state index in [-0.39, 0.29) is 6.04 Å². The molecule has 84 valence electrons. The Kier molecular flexibility index (Phi) is 4.04. The fourth-order valence-electron chi connectivity index (χ4n) is 1.87. The first-order chi connectivity index (χ1) is 7.18. The molecule has 1 aromatic heterocycles. The summed E-state index contributed by atoms with van der Waals surface area (Å²) in [5.41, 5.74) is 7.67. The summed E-state index contributed by atoms with van der Waals surface area (Å²) >= 11 is 5.90. The van der Waals surface area contributed by atoms with E-state index in [2.05, 4.69) is 37.1 Å². The van der Waals surface area contributed by atoms with Crippen molar-refractivity contribution in [2.45, 2.75) is 30.4 Å². The lowest BCUT2D eigenvalue weighted by atomic mass is 10.1. The summed E-state index contributed by atoms with van der Waals surface area (Å²) in [6, 6.07) is 2.45. The van der Waals surface area contributed by atoms with Crippen LogP contribution in [0.5, 0.6) is 0 Å². The second-order valence-electron chi connectivity index (χ2n) is 3.93. The van der Waals surface area contributed by atoms with E-state index in [1.807, 2.05) is 11.8 Å². The second-order valence-corrected chi connectivity index (χ2v) is 7.81. The van der Waals surface area contributed by atoms with Crippen molar-refractivity contribution in [1.82, 2.24) is 0 Å². The molecule has 0 aromatic carbocycles. The molecule has 3 atom stereocenters. The van der Waals surface area contributed by atoms with Crippen molar-refractivity contribution in [1.29, 1.82) is 0 Å². The van der Waals surface area contributed by atoms with Crippen molar-refractivity contribution in [3.63, 3.8) is 0 Å². The second kappa shape index (κ2) is 5.13. The lowest BCUT2D eigenvalue weighted by Gasteiger charge is -2.32. The van der Waals surface area contributed by atoms with Crippen LogP contribution >= 0.6 is 34.9 Å². The molecule has 0 radical (unpaired) electrons. The minimum atomic E-state index is 0.211. The molecule has 1 saturated heterocycles. The molecule has 0 aliphatic carbocycles. The number of hydrogen-bond acceptors (Lipinski definition) is 4. The first-order valence-electron chi connectivity index (χ1n) is 5.22. The summed E-state index contributed by atoms with van der Waals surface area (Å²) < 4.78 is 0. The van der Waals surface area contributed by atoms with Crippen molar-refractivity contribution < 1.29 is 0 Å². The maximum atomic E-state index is 6.35. The van der Waals surface area contributed by atoms with Gasteiger partial charge < -0.3 is 5.73 Å². The summed E-state index contributed by atoms with van der Waals surface area (Å²) in [6.07, 6.45) is 0.